The Morgan fingerprint density at radius 3 is 1.51 bits per heavy atom. The van der Waals surface area contributed by atoms with Crippen molar-refractivity contribution in [2.24, 2.45) is 0 Å². The van der Waals surface area contributed by atoms with Crippen LogP contribution in [0, 0.1) is 0 Å². The maximum Gasteiger partial charge on any atom is 0.0695 e. The third-order valence-electron chi connectivity index (χ3n) is 8.18. The number of fused-ring (bicyclic) bond motifs is 6. The second kappa shape index (κ2) is 9.79. The van der Waals surface area contributed by atoms with Crippen molar-refractivity contribution in [1.82, 2.24) is 0 Å². The van der Waals surface area contributed by atoms with Crippen LogP contribution in [0.2, 0.25) is 0 Å². The molecule has 0 heterocycles. The van der Waals surface area contributed by atoms with Crippen LogP contribution in [0.25, 0.3) is 54.6 Å². The lowest BCUT2D eigenvalue weighted by atomic mass is 9.91. The molecular formula is C36H34NOP. The van der Waals surface area contributed by atoms with Gasteiger partial charge in [0.05, 0.1) is 5.60 Å². The minimum atomic E-state index is -0.762. The van der Waals surface area contributed by atoms with Crippen LogP contribution in [-0.2, 0) is 0 Å². The van der Waals surface area contributed by atoms with E-state index in [-0.39, 0.29) is 5.16 Å². The van der Waals surface area contributed by atoms with E-state index in [1.54, 1.807) is 0 Å². The van der Waals surface area contributed by atoms with Gasteiger partial charge < -0.3 is 10.2 Å². The lowest BCUT2D eigenvalue weighted by molar-refractivity contribution is 0.0480. The second-order valence-corrected chi connectivity index (χ2v) is 13.2. The summed E-state index contributed by atoms with van der Waals surface area (Å²) in [6.45, 7) is 7.95. The van der Waals surface area contributed by atoms with Gasteiger partial charge in [0.25, 0.3) is 0 Å². The third kappa shape index (κ3) is 4.80. The second-order valence-electron chi connectivity index (χ2n) is 11.4. The molecule has 6 rings (SSSR count). The molecule has 2 nitrogen and oxygen atoms in total. The van der Waals surface area contributed by atoms with E-state index in [1.165, 1.54) is 54.6 Å². The summed E-state index contributed by atoms with van der Waals surface area (Å²) < 4.78 is 0. The van der Waals surface area contributed by atoms with Gasteiger partial charge in [-0.1, -0.05) is 105 Å². The largest absolute Gasteiger partial charge is 0.389 e. The van der Waals surface area contributed by atoms with Gasteiger partial charge in [-0.3, -0.25) is 0 Å². The van der Waals surface area contributed by atoms with Crippen LogP contribution in [0.4, 0.5) is 5.69 Å². The monoisotopic (exact) mass is 527 g/mol. The lowest BCUT2D eigenvalue weighted by Crippen LogP contribution is -2.41. The normalized spacial score (nSPS) is 12.6. The zero-order valence-electron chi connectivity index (χ0n) is 22.9. The summed E-state index contributed by atoms with van der Waals surface area (Å²) in [7, 11) is 0.392. The molecule has 0 saturated carbocycles. The smallest absolute Gasteiger partial charge is 0.0695 e. The summed E-state index contributed by atoms with van der Waals surface area (Å²) >= 11 is 0. The molecule has 39 heavy (non-hydrogen) atoms. The average Bonchev–Trinajstić information content (AvgIpc) is 2.96. The Kier molecular flexibility index (Phi) is 6.42. The van der Waals surface area contributed by atoms with Crippen LogP contribution in [0.5, 0.6) is 0 Å². The van der Waals surface area contributed by atoms with Crippen molar-refractivity contribution in [2.75, 3.05) is 5.09 Å². The summed E-state index contributed by atoms with van der Waals surface area (Å²) in [6, 6.07) is 41.7. The topological polar surface area (TPSA) is 32.3 Å². The van der Waals surface area contributed by atoms with E-state index < -0.39 is 5.60 Å². The third-order valence-corrected chi connectivity index (χ3v) is 9.84. The molecule has 6 aromatic carbocycles. The minimum absolute atomic E-state index is 0.242. The van der Waals surface area contributed by atoms with E-state index in [1.807, 2.05) is 13.8 Å². The summed E-state index contributed by atoms with van der Waals surface area (Å²) in [5.74, 6) is 0. The van der Waals surface area contributed by atoms with E-state index >= 15 is 0 Å². The van der Waals surface area contributed by atoms with Crippen molar-refractivity contribution in [2.45, 2.75) is 38.5 Å². The molecule has 0 aromatic heterocycles. The first kappa shape index (κ1) is 25.6. The van der Waals surface area contributed by atoms with Gasteiger partial charge in [-0.15, -0.1) is 0 Å². The Balaban J connectivity index is 1.38. The predicted octanol–water partition coefficient (Wildman–Crippen LogP) is 10.0. The van der Waals surface area contributed by atoms with E-state index in [4.69, 9.17) is 0 Å². The lowest BCUT2D eigenvalue weighted by Gasteiger charge is -2.37. The first-order valence-electron chi connectivity index (χ1n) is 13.5. The van der Waals surface area contributed by atoms with Gasteiger partial charge in [-0.25, -0.2) is 0 Å². The maximum atomic E-state index is 10.5. The fourth-order valence-electron chi connectivity index (χ4n) is 5.12. The van der Waals surface area contributed by atoms with Gasteiger partial charge >= 0.3 is 0 Å². The predicted molar refractivity (Wildman–Crippen MR) is 172 cm³/mol. The first-order chi connectivity index (χ1) is 18.7. The molecule has 0 fully saturated rings. The van der Waals surface area contributed by atoms with E-state index in [9.17, 15) is 5.11 Å². The molecule has 6 aromatic rings. The molecule has 194 valence electrons. The van der Waals surface area contributed by atoms with Gasteiger partial charge in [0.1, 0.15) is 0 Å². The molecular weight excluding hydrogens is 493 g/mol. The molecule has 0 aliphatic rings. The Morgan fingerprint density at radius 2 is 0.949 bits per heavy atom. The number of hydrogen-bond acceptors (Lipinski definition) is 2. The van der Waals surface area contributed by atoms with Crippen molar-refractivity contribution in [1.29, 1.82) is 0 Å². The molecule has 0 amide bonds. The first-order valence-corrected chi connectivity index (χ1v) is 14.5. The zero-order chi connectivity index (χ0) is 27.2. The summed E-state index contributed by atoms with van der Waals surface area (Å²) in [4.78, 5) is 0. The average molecular weight is 528 g/mol. The van der Waals surface area contributed by atoms with E-state index in [0.717, 1.165) is 5.69 Å². The Hall–Kier alpha value is -3.71. The van der Waals surface area contributed by atoms with Crippen LogP contribution < -0.4 is 5.09 Å². The Labute approximate surface area is 232 Å². The van der Waals surface area contributed by atoms with Gasteiger partial charge in [-0.2, -0.15) is 0 Å². The molecule has 0 aliphatic heterocycles. The molecule has 3 heteroatoms. The van der Waals surface area contributed by atoms with Crippen molar-refractivity contribution < 1.29 is 5.11 Å². The number of nitrogens with one attached hydrogen (secondary N) is 1. The highest BCUT2D eigenvalue weighted by Crippen LogP contribution is 2.41. The summed E-state index contributed by atoms with van der Waals surface area (Å²) in [5.41, 5.74) is 5.08. The van der Waals surface area contributed by atoms with Crippen LogP contribution >= 0.6 is 8.73 Å². The van der Waals surface area contributed by atoms with Crippen molar-refractivity contribution >= 4 is 46.7 Å². The molecule has 0 bridgehead atoms. The number of anilines is 1. The number of aliphatic hydroxyl groups is 1. The van der Waals surface area contributed by atoms with E-state index in [2.05, 4.69) is 134 Å². The number of benzene rings is 6. The Morgan fingerprint density at radius 1 is 0.487 bits per heavy atom. The molecule has 1 unspecified atom stereocenters. The van der Waals surface area contributed by atoms with Gasteiger partial charge in [-0.05, 0) is 101 Å². The van der Waals surface area contributed by atoms with Gasteiger partial charge in [0, 0.05) is 10.8 Å². The van der Waals surface area contributed by atoms with Crippen LogP contribution in [0.3, 0.4) is 0 Å². The Bertz CT molecular complexity index is 1800. The number of hydrogen-bond donors (Lipinski definition) is 2. The molecule has 0 saturated heterocycles. The highest BCUT2D eigenvalue weighted by Gasteiger charge is 2.35. The highest BCUT2D eigenvalue weighted by molar-refractivity contribution is 7.41. The van der Waals surface area contributed by atoms with Gasteiger partial charge in [0.15, 0.2) is 0 Å². The maximum absolute atomic E-state index is 10.5. The standard InChI is InChI=1S/C36H34NOP/c1-35(2,38)36(3,4)39-37-28-14-10-13-26(22-28)24-11-9-12-25(21-24)27-19-20-33-31-17-6-5-15-29(31)30-16-7-8-18-32(30)34(33)23-27/h5-23,37-39H,1-4H3. The SMILES string of the molecule is CC(C)(O)C(C)(C)PNc1cccc(-c2cccc(-c3ccc4c5ccccc5c5ccccc5c4c3)c2)c1. The summed E-state index contributed by atoms with van der Waals surface area (Å²) in [5, 5.41) is 21.6. The fourth-order valence-corrected chi connectivity index (χ4v) is 6.04. The van der Waals surface area contributed by atoms with Crippen LogP contribution in [0.1, 0.15) is 27.7 Å². The molecule has 0 radical (unpaired) electrons. The number of rotatable bonds is 6. The molecule has 0 aliphatic carbocycles. The summed E-state index contributed by atoms with van der Waals surface area (Å²) in [6.07, 6.45) is 0. The van der Waals surface area contributed by atoms with E-state index in [0.29, 0.717) is 8.73 Å². The highest BCUT2D eigenvalue weighted by atomic mass is 31.1. The van der Waals surface area contributed by atoms with Crippen LogP contribution in [0.15, 0.2) is 115 Å². The molecule has 2 N–H and O–H groups in total. The minimum Gasteiger partial charge on any atom is -0.389 e. The van der Waals surface area contributed by atoms with Crippen LogP contribution in [-0.4, -0.2) is 15.9 Å². The molecule has 0 spiro atoms. The van der Waals surface area contributed by atoms with Crippen molar-refractivity contribution in [3.63, 3.8) is 0 Å². The quantitative estimate of drug-likeness (QED) is 0.167. The van der Waals surface area contributed by atoms with Gasteiger partial charge in [0.2, 0.25) is 0 Å². The molecule has 1 atom stereocenters. The zero-order valence-corrected chi connectivity index (χ0v) is 23.9. The van der Waals surface area contributed by atoms with Crippen molar-refractivity contribution in [3.05, 3.63) is 115 Å². The van der Waals surface area contributed by atoms with Crippen molar-refractivity contribution in [3.8, 4) is 22.3 Å². The fraction of sp³-hybridized carbons (Fsp3) is 0.167.